The van der Waals surface area contributed by atoms with Crippen LogP contribution in [0.1, 0.15) is 36.2 Å². The van der Waals surface area contributed by atoms with Crippen LogP contribution in [0, 0.1) is 0 Å². The number of aryl methyl sites for hydroxylation is 1. The quantitative estimate of drug-likeness (QED) is 0.564. The molecule has 3 N–H and O–H groups in total. The maximum Gasteiger partial charge on any atom is 0.220 e. The molecular formula is C17H22ClN3O5S. The minimum Gasteiger partial charge on any atom is -0.493 e. The molecule has 0 spiro atoms. The first-order valence-corrected chi connectivity index (χ1v) is 10.6. The van der Waals surface area contributed by atoms with E-state index in [4.69, 9.17) is 11.6 Å². The highest BCUT2D eigenvalue weighted by atomic mass is 35.5. The number of aliphatic hydroxyl groups excluding tert-OH is 1. The van der Waals surface area contributed by atoms with E-state index < -0.39 is 21.7 Å². The molecule has 0 amide bonds. The highest BCUT2D eigenvalue weighted by molar-refractivity contribution is 7.90. The van der Waals surface area contributed by atoms with Crippen LogP contribution in [0.5, 0.6) is 5.88 Å². The van der Waals surface area contributed by atoms with Crippen molar-refractivity contribution in [2.24, 2.45) is 0 Å². The SMILES string of the molecule is CCC(O)CNc1c(S(C)(=O)=O)ccc(C(=O)c2cnn(CC)c2O)c1Cl. The number of hydrogen-bond acceptors (Lipinski definition) is 7. The van der Waals surface area contributed by atoms with E-state index in [1.807, 2.05) is 0 Å². The van der Waals surface area contributed by atoms with Gasteiger partial charge in [-0.1, -0.05) is 18.5 Å². The predicted molar refractivity (Wildman–Crippen MR) is 102 cm³/mol. The molecular weight excluding hydrogens is 394 g/mol. The van der Waals surface area contributed by atoms with Gasteiger partial charge in [0, 0.05) is 24.9 Å². The fourth-order valence-corrected chi connectivity index (χ4v) is 3.72. The fraction of sp³-hybridized carbons (Fsp3) is 0.412. The van der Waals surface area contributed by atoms with Crippen molar-refractivity contribution in [1.82, 2.24) is 9.78 Å². The zero-order chi connectivity index (χ0) is 20.4. The number of carbonyl (C=O) groups is 1. The molecule has 1 aromatic heterocycles. The summed E-state index contributed by atoms with van der Waals surface area (Å²) >= 11 is 6.35. The van der Waals surface area contributed by atoms with Gasteiger partial charge in [0.25, 0.3) is 0 Å². The summed E-state index contributed by atoms with van der Waals surface area (Å²) in [6, 6.07) is 2.57. The average Bonchev–Trinajstić information content (AvgIpc) is 2.99. The van der Waals surface area contributed by atoms with Crippen LogP contribution in [-0.2, 0) is 16.4 Å². The average molecular weight is 416 g/mol. The minimum absolute atomic E-state index is 0.0171. The standard InChI is InChI=1S/C17H22ClN3O5S/c1-4-10(22)8-19-15-13(27(3,25)26)7-6-11(14(15)18)16(23)12-9-20-21(5-2)17(12)24/h6-7,9-10,19,22,24H,4-5,8H2,1-3H3. The Kier molecular flexibility index (Phi) is 6.50. The number of rotatable bonds is 8. The van der Waals surface area contributed by atoms with Crippen LogP contribution in [0.25, 0.3) is 0 Å². The molecule has 1 atom stereocenters. The van der Waals surface area contributed by atoms with Crippen molar-refractivity contribution in [3.05, 3.63) is 34.5 Å². The summed E-state index contributed by atoms with van der Waals surface area (Å²) in [5, 5.41) is 26.5. The Bertz CT molecular complexity index is 956. The van der Waals surface area contributed by atoms with Gasteiger partial charge in [-0.05, 0) is 25.5 Å². The van der Waals surface area contributed by atoms with Crippen LogP contribution in [0.4, 0.5) is 5.69 Å². The van der Waals surface area contributed by atoms with Crippen molar-refractivity contribution in [1.29, 1.82) is 0 Å². The normalized spacial score (nSPS) is 12.8. The molecule has 0 saturated carbocycles. The number of benzene rings is 1. The van der Waals surface area contributed by atoms with E-state index in [2.05, 4.69) is 10.4 Å². The molecule has 10 heteroatoms. The number of anilines is 1. The van der Waals surface area contributed by atoms with Gasteiger partial charge in [0.05, 0.1) is 27.9 Å². The van der Waals surface area contributed by atoms with Gasteiger partial charge in [0.1, 0.15) is 5.56 Å². The topological polar surface area (TPSA) is 122 Å². The third kappa shape index (κ3) is 4.42. The van der Waals surface area contributed by atoms with Crippen molar-refractivity contribution in [3.63, 3.8) is 0 Å². The number of aromatic nitrogens is 2. The monoisotopic (exact) mass is 415 g/mol. The number of hydrogen-bond donors (Lipinski definition) is 3. The summed E-state index contributed by atoms with van der Waals surface area (Å²) in [5.41, 5.74) is 0.0220. The Labute approximate surface area is 162 Å². The molecule has 148 valence electrons. The Hall–Kier alpha value is -2.10. The number of sulfone groups is 1. The van der Waals surface area contributed by atoms with E-state index in [0.717, 1.165) is 6.26 Å². The second-order valence-corrected chi connectivity index (χ2v) is 8.40. The second kappa shape index (κ2) is 8.28. The van der Waals surface area contributed by atoms with Crippen LogP contribution in [0.15, 0.2) is 23.2 Å². The lowest BCUT2D eigenvalue weighted by molar-refractivity contribution is 0.103. The summed E-state index contributed by atoms with van der Waals surface area (Å²) in [6.45, 7) is 3.98. The molecule has 1 aromatic carbocycles. The van der Waals surface area contributed by atoms with E-state index >= 15 is 0 Å². The third-order valence-corrected chi connectivity index (χ3v) is 5.62. The number of ketones is 1. The van der Waals surface area contributed by atoms with Gasteiger partial charge in [0.2, 0.25) is 11.7 Å². The van der Waals surface area contributed by atoms with Gasteiger partial charge in [-0.3, -0.25) is 4.79 Å². The first-order chi connectivity index (χ1) is 12.6. The molecule has 0 aliphatic rings. The largest absolute Gasteiger partial charge is 0.493 e. The van der Waals surface area contributed by atoms with Gasteiger partial charge in [-0.25, -0.2) is 13.1 Å². The molecule has 0 fully saturated rings. The summed E-state index contributed by atoms with van der Waals surface area (Å²) in [7, 11) is -3.63. The van der Waals surface area contributed by atoms with Crippen molar-refractivity contribution >= 4 is 32.9 Å². The van der Waals surface area contributed by atoms with Crippen LogP contribution in [0.3, 0.4) is 0 Å². The lowest BCUT2D eigenvalue weighted by Gasteiger charge is -2.17. The molecule has 0 aliphatic carbocycles. The summed E-state index contributed by atoms with van der Waals surface area (Å²) in [6.07, 6.45) is 2.01. The van der Waals surface area contributed by atoms with Crippen molar-refractivity contribution in [2.75, 3.05) is 18.1 Å². The van der Waals surface area contributed by atoms with E-state index in [-0.39, 0.29) is 39.2 Å². The van der Waals surface area contributed by atoms with Crippen molar-refractivity contribution in [2.45, 2.75) is 37.8 Å². The van der Waals surface area contributed by atoms with E-state index in [1.165, 1.54) is 23.0 Å². The van der Waals surface area contributed by atoms with Crippen LogP contribution in [-0.4, -0.2) is 53.1 Å². The van der Waals surface area contributed by atoms with Crippen molar-refractivity contribution < 1.29 is 23.4 Å². The van der Waals surface area contributed by atoms with Crippen LogP contribution in [0.2, 0.25) is 5.02 Å². The summed E-state index contributed by atoms with van der Waals surface area (Å²) in [4.78, 5) is 12.7. The number of halogens is 1. The lowest BCUT2D eigenvalue weighted by atomic mass is 10.0. The Morgan fingerprint density at radius 3 is 2.52 bits per heavy atom. The molecule has 8 nitrogen and oxygen atoms in total. The van der Waals surface area contributed by atoms with Gasteiger partial charge in [-0.2, -0.15) is 5.10 Å². The maximum atomic E-state index is 12.8. The third-order valence-electron chi connectivity index (χ3n) is 4.09. The fourth-order valence-electron chi connectivity index (χ4n) is 2.49. The maximum absolute atomic E-state index is 12.8. The summed E-state index contributed by atoms with van der Waals surface area (Å²) in [5.74, 6) is -0.877. The second-order valence-electron chi connectivity index (χ2n) is 6.04. The van der Waals surface area contributed by atoms with Gasteiger partial charge >= 0.3 is 0 Å². The molecule has 1 unspecified atom stereocenters. The highest BCUT2D eigenvalue weighted by Crippen LogP contribution is 2.35. The van der Waals surface area contributed by atoms with Crippen LogP contribution < -0.4 is 5.32 Å². The minimum atomic E-state index is -3.63. The molecule has 0 radical (unpaired) electrons. The molecule has 0 saturated heterocycles. The van der Waals surface area contributed by atoms with Crippen molar-refractivity contribution in [3.8, 4) is 5.88 Å². The van der Waals surface area contributed by atoms with E-state index in [9.17, 15) is 23.4 Å². The number of aliphatic hydroxyl groups is 1. The summed E-state index contributed by atoms with van der Waals surface area (Å²) < 4.78 is 25.4. The number of nitrogens with zero attached hydrogens (tertiary/aromatic N) is 2. The molecule has 0 bridgehead atoms. The number of carbonyl (C=O) groups excluding carboxylic acids is 1. The smallest absolute Gasteiger partial charge is 0.220 e. The first-order valence-electron chi connectivity index (χ1n) is 8.35. The predicted octanol–water partition coefficient (Wildman–Crippen LogP) is 2.08. The van der Waals surface area contributed by atoms with E-state index in [0.29, 0.717) is 13.0 Å². The Balaban J connectivity index is 2.55. The Morgan fingerprint density at radius 2 is 2.00 bits per heavy atom. The van der Waals surface area contributed by atoms with Gasteiger partial charge in [-0.15, -0.1) is 0 Å². The van der Waals surface area contributed by atoms with Crippen LogP contribution >= 0.6 is 11.6 Å². The number of aromatic hydroxyl groups is 1. The molecule has 27 heavy (non-hydrogen) atoms. The zero-order valence-corrected chi connectivity index (χ0v) is 16.8. The van der Waals surface area contributed by atoms with E-state index in [1.54, 1.807) is 13.8 Å². The zero-order valence-electron chi connectivity index (χ0n) is 15.2. The molecule has 0 aliphatic heterocycles. The van der Waals surface area contributed by atoms with Gasteiger partial charge in [0.15, 0.2) is 9.84 Å². The number of nitrogens with one attached hydrogen (secondary N) is 1. The highest BCUT2D eigenvalue weighted by Gasteiger charge is 2.25. The molecule has 1 heterocycles. The molecule has 2 rings (SSSR count). The first kappa shape index (κ1) is 21.2. The Morgan fingerprint density at radius 1 is 1.33 bits per heavy atom. The molecule has 2 aromatic rings. The van der Waals surface area contributed by atoms with Gasteiger partial charge < -0.3 is 15.5 Å². The lowest BCUT2D eigenvalue weighted by Crippen LogP contribution is -2.20.